The van der Waals surface area contributed by atoms with E-state index in [1.54, 1.807) is 0 Å². The lowest BCUT2D eigenvalue weighted by atomic mass is 9.94. The Morgan fingerprint density at radius 3 is 2.57 bits per heavy atom. The van der Waals surface area contributed by atoms with Gasteiger partial charge in [0.2, 0.25) is 0 Å². The molecule has 1 aromatic rings. The molecule has 3 saturated heterocycles. The van der Waals surface area contributed by atoms with Crippen molar-refractivity contribution in [1.82, 2.24) is 10.0 Å². The van der Waals surface area contributed by atoms with Crippen LogP contribution in [0.25, 0.3) is 0 Å². The van der Waals surface area contributed by atoms with Gasteiger partial charge in [0, 0.05) is 39.5 Å². The number of piperidine rings is 1. The van der Waals surface area contributed by atoms with E-state index in [1.165, 1.54) is 39.4 Å². The monoisotopic (exact) mass is 288 g/mol. The SMILES string of the molecule is CC(=O)O[C@@H](CCN1CC2CCN1CC2)c1ccccc1. The first-order valence-corrected chi connectivity index (χ1v) is 7.94. The minimum atomic E-state index is -0.204. The van der Waals surface area contributed by atoms with Gasteiger partial charge in [-0.15, -0.1) is 0 Å². The van der Waals surface area contributed by atoms with E-state index in [1.807, 2.05) is 30.3 Å². The minimum absolute atomic E-state index is 0.134. The molecule has 3 aliphatic rings. The predicted octanol–water partition coefficient (Wildman–Crippen LogP) is 2.62. The number of hydrogen-bond donors (Lipinski definition) is 0. The molecule has 4 nitrogen and oxygen atoms in total. The summed E-state index contributed by atoms with van der Waals surface area (Å²) in [5.41, 5.74) is 1.09. The van der Waals surface area contributed by atoms with Crippen molar-refractivity contribution in [1.29, 1.82) is 0 Å². The van der Waals surface area contributed by atoms with Crippen molar-refractivity contribution in [3.8, 4) is 0 Å². The highest BCUT2D eigenvalue weighted by Gasteiger charge is 2.32. The molecule has 1 aromatic carbocycles. The third-order valence-electron chi connectivity index (χ3n) is 4.59. The average Bonchev–Trinajstić information content (AvgIpc) is 2.53. The maximum absolute atomic E-state index is 11.4. The third kappa shape index (κ3) is 3.63. The molecule has 2 bridgehead atoms. The Morgan fingerprint density at radius 2 is 2.00 bits per heavy atom. The molecule has 1 atom stereocenters. The molecule has 0 N–H and O–H groups in total. The molecular weight excluding hydrogens is 264 g/mol. The second kappa shape index (κ2) is 6.58. The maximum Gasteiger partial charge on any atom is 0.303 e. The van der Waals surface area contributed by atoms with Crippen LogP contribution in [-0.4, -0.2) is 42.2 Å². The van der Waals surface area contributed by atoms with E-state index in [0.717, 1.165) is 24.4 Å². The molecule has 114 valence electrons. The molecule has 21 heavy (non-hydrogen) atoms. The molecule has 3 aliphatic heterocycles. The number of ether oxygens (including phenoxy) is 1. The second-order valence-corrected chi connectivity index (χ2v) is 6.11. The van der Waals surface area contributed by atoms with Gasteiger partial charge in [0.15, 0.2) is 0 Å². The molecule has 0 radical (unpaired) electrons. The van der Waals surface area contributed by atoms with Crippen LogP contribution < -0.4 is 0 Å². The normalized spacial score (nSPS) is 26.5. The van der Waals surface area contributed by atoms with Gasteiger partial charge in [-0.25, -0.2) is 10.0 Å². The van der Waals surface area contributed by atoms with Gasteiger partial charge < -0.3 is 4.74 Å². The van der Waals surface area contributed by atoms with Gasteiger partial charge in [-0.3, -0.25) is 4.79 Å². The molecule has 0 saturated carbocycles. The van der Waals surface area contributed by atoms with Gasteiger partial charge in [-0.05, 0) is 24.3 Å². The molecule has 4 heteroatoms. The van der Waals surface area contributed by atoms with E-state index in [0.29, 0.717) is 0 Å². The zero-order valence-corrected chi connectivity index (χ0v) is 12.7. The van der Waals surface area contributed by atoms with Gasteiger partial charge in [-0.1, -0.05) is 30.3 Å². The molecule has 3 heterocycles. The zero-order chi connectivity index (χ0) is 14.7. The van der Waals surface area contributed by atoms with Crippen molar-refractivity contribution in [3.63, 3.8) is 0 Å². The number of hydrazine groups is 1. The van der Waals surface area contributed by atoms with Crippen LogP contribution >= 0.6 is 0 Å². The number of carbonyl (C=O) groups is 1. The van der Waals surface area contributed by atoms with Crippen LogP contribution in [0.1, 0.15) is 37.9 Å². The first-order chi connectivity index (χ1) is 10.2. The fraction of sp³-hybridized carbons (Fsp3) is 0.588. The summed E-state index contributed by atoms with van der Waals surface area (Å²) >= 11 is 0. The van der Waals surface area contributed by atoms with Crippen LogP contribution in [0.2, 0.25) is 0 Å². The highest BCUT2D eigenvalue weighted by atomic mass is 16.5. The molecule has 4 rings (SSSR count). The summed E-state index contributed by atoms with van der Waals surface area (Å²) < 4.78 is 5.52. The first kappa shape index (κ1) is 14.5. The third-order valence-corrected chi connectivity index (χ3v) is 4.59. The number of carbonyl (C=O) groups excluding carboxylic acids is 1. The summed E-state index contributed by atoms with van der Waals surface area (Å²) in [4.78, 5) is 11.4. The Morgan fingerprint density at radius 1 is 1.29 bits per heavy atom. The van der Waals surface area contributed by atoms with Crippen LogP contribution in [-0.2, 0) is 9.53 Å². The van der Waals surface area contributed by atoms with E-state index in [4.69, 9.17) is 4.74 Å². The van der Waals surface area contributed by atoms with Crippen LogP contribution in [0.3, 0.4) is 0 Å². The van der Waals surface area contributed by atoms with E-state index in [9.17, 15) is 4.79 Å². The van der Waals surface area contributed by atoms with Crippen molar-refractivity contribution in [2.45, 2.75) is 32.3 Å². The number of nitrogens with zero attached hydrogens (tertiary/aromatic N) is 2. The van der Waals surface area contributed by atoms with Crippen molar-refractivity contribution < 1.29 is 9.53 Å². The number of fused-ring (bicyclic) bond motifs is 3. The molecule has 0 unspecified atom stereocenters. The van der Waals surface area contributed by atoms with Crippen molar-refractivity contribution in [2.75, 3.05) is 26.2 Å². The summed E-state index contributed by atoms with van der Waals surface area (Å²) in [7, 11) is 0. The highest BCUT2D eigenvalue weighted by Crippen LogP contribution is 2.28. The second-order valence-electron chi connectivity index (χ2n) is 6.11. The number of benzene rings is 1. The Kier molecular flexibility index (Phi) is 4.56. The van der Waals surface area contributed by atoms with Crippen LogP contribution in [0.15, 0.2) is 30.3 Å². The summed E-state index contributed by atoms with van der Waals surface area (Å²) in [6.07, 6.45) is 3.39. The van der Waals surface area contributed by atoms with Gasteiger partial charge >= 0.3 is 5.97 Å². The zero-order valence-electron chi connectivity index (χ0n) is 12.7. The van der Waals surface area contributed by atoms with Gasteiger partial charge in [0.25, 0.3) is 0 Å². The van der Waals surface area contributed by atoms with Crippen LogP contribution in [0, 0.1) is 5.92 Å². The van der Waals surface area contributed by atoms with Crippen molar-refractivity contribution in [3.05, 3.63) is 35.9 Å². The van der Waals surface area contributed by atoms with Crippen molar-refractivity contribution in [2.24, 2.45) is 5.92 Å². The Labute approximate surface area is 126 Å². The van der Waals surface area contributed by atoms with Crippen LogP contribution in [0.5, 0.6) is 0 Å². The predicted molar refractivity (Wildman–Crippen MR) is 81.4 cm³/mol. The average molecular weight is 288 g/mol. The van der Waals surface area contributed by atoms with E-state index >= 15 is 0 Å². The summed E-state index contributed by atoms with van der Waals surface area (Å²) in [5.74, 6) is 0.656. The van der Waals surface area contributed by atoms with Gasteiger partial charge in [-0.2, -0.15) is 0 Å². The fourth-order valence-electron chi connectivity index (χ4n) is 3.46. The van der Waals surface area contributed by atoms with E-state index < -0.39 is 0 Å². The lowest BCUT2D eigenvalue weighted by Crippen LogP contribution is -2.56. The molecule has 0 aromatic heterocycles. The Hall–Kier alpha value is -1.39. The minimum Gasteiger partial charge on any atom is -0.458 e. The number of esters is 1. The topological polar surface area (TPSA) is 32.8 Å². The largest absolute Gasteiger partial charge is 0.458 e. The molecular formula is C17H24N2O2. The standard InChI is InChI=1S/C17H24N2O2/c1-14(20)21-17(16-5-3-2-4-6-16)9-12-19-13-15-7-10-18(19)11-8-15/h2-6,15,17H,7-13H2,1H3/t17-/m0/s1. The van der Waals surface area contributed by atoms with Crippen LogP contribution in [0.4, 0.5) is 0 Å². The molecule has 0 aliphatic carbocycles. The van der Waals surface area contributed by atoms with Gasteiger partial charge in [0.05, 0.1) is 0 Å². The summed E-state index contributed by atoms with van der Waals surface area (Å²) in [5, 5.41) is 4.92. The quantitative estimate of drug-likeness (QED) is 0.780. The number of rotatable bonds is 5. The first-order valence-electron chi connectivity index (χ1n) is 7.94. The fourth-order valence-corrected chi connectivity index (χ4v) is 3.46. The number of hydrogen-bond acceptors (Lipinski definition) is 4. The lowest BCUT2D eigenvalue weighted by Gasteiger charge is -2.48. The summed E-state index contributed by atoms with van der Waals surface area (Å²) in [6.45, 7) is 6.00. The molecule has 3 fully saturated rings. The molecule has 0 spiro atoms. The molecule has 0 amide bonds. The lowest BCUT2D eigenvalue weighted by molar-refractivity contribution is -0.149. The van der Waals surface area contributed by atoms with Crippen molar-refractivity contribution >= 4 is 5.97 Å². The Balaban J connectivity index is 1.61. The van der Waals surface area contributed by atoms with E-state index in [-0.39, 0.29) is 12.1 Å². The summed E-state index contributed by atoms with van der Waals surface area (Å²) in [6, 6.07) is 10.1. The smallest absolute Gasteiger partial charge is 0.303 e. The van der Waals surface area contributed by atoms with E-state index in [2.05, 4.69) is 10.0 Å². The maximum atomic E-state index is 11.4. The highest BCUT2D eigenvalue weighted by molar-refractivity contribution is 5.66. The van der Waals surface area contributed by atoms with Gasteiger partial charge in [0.1, 0.15) is 6.10 Å². The Bertz CT molecular complexity index is 469.